The van der Waals surface area contributed by atoms with Crippen LogP contribution in [0.4, 0.5) is 10.5 Å². The Morgan fingerprint density at radius 1 is 1.47 bits per heavy atom. The molecular formula is C14H20N2O3. The maximum atomic E-state index is 11.9. The van der Waals surface area contributed by atoms with E-state index in [0.29, 0.717) is 11.4 Å². The van der Waals surface area contributed by atoms with Gasteiger partial charge in [0.1, 0.15) is 5.75 Å². The lowest BCUT2D eigenvalue weighted by molar-refractivity contribution is 0.0868. The molecule has 1 aliphatic rings. The van der Waals surface area contributed by atoms with E-state index in [1.807, 2.05) is 19.1 Å². The van der Waals surface area contributed by atoms with E-state index in [1.165, 1.54) is 0 Å². The number of rotatable bonds is 4. The molecule has 19 heavy (non-hydrogen) atoms. The maximum Gasteiger partial charge on any atom is 0.319 e. The van der Waals surface area contributed by atoms with Crippen LogP contribution in [0.3, 0.4) is 0 Å². The predicted octanol–water partition coefficient (Wildman–Crippen LogP) is 2.38. The smallest absolute Gasteiger partial charge is 0.319 e. The molecule has 2 rings (SSSR count). The zero-order valence-corrected chi connectivity index (χ0v) is 11.3. The van der Waals surface area contributed by atoms with Crippen LogP contribution >= 0.6 is 0 Å². The molecular weight excluding hydrogens is 244 g/mol. The molecule has 0 spiro atoms. The Labute approximate surface area is 113 Å². The predicted molar refractivity (Wildman–Crippen MR) is 73.6 cm³/mol. The number of para-hydroxylation sites is 2. The fraction of sp³-hybridized carbons (Fsp3) is 0.500. The number of carbonyl (C=O) groups excluding carboxylic acids is 1. The third-order valence-electron chi connectivity index (χ3n) is 3.24. The van der Waals surface area contributed by atoms with Crippen LogP contribution in [0.2, 0.25) is 0 Å². The Hall–Kier alpha value is -1.75. The van der Waals surface area contributed by atoms with Crippen molar-refractivity contribution in [1.82, 2.24) is 5.32 Å². The molecule has 1 heterocycles. The number of hydrogen-bond acceptors (Lipinski definition) is 3. The molecule has 1 fully saturated rings. The zero-order chi connectivity index (χ0) is 13.7. The van der Waals surface area contributed by atoms with Crippen molar-refractivity contribution < 1.29 is 14.3 Å². The molecule has 1 aromatic rings. The molecule has 104 valence electrons. The highest BCUT2D eigenvalue weighted by Crippen LogP contribution is 2.23. The summed E-state index contributed by atoms with van der Waals surface area (Å²) in [4.78, 5) is 11.9. The highest BCUT2D eigenvalue weighted by molar-refractivity contribution is 5.91. The van der Waals surface area contributed by atoms with E-state index in [2.05, 4.69) is 10.6 Å². The number of anilines is 1. The third kappa shape index (κ3) is 3.61. The molecule has 2 atom stereocenters. The molecule has 1 aromatic carbocycles. The van der Waals surface area contributed by atoms with Crippen LogP contribution in [0, 0.1) is 0 Å². The van der Waals surface area contributed by atoms with E-state index in [-0.39, 0.29) is 18.2 Å². The molecule has 0 radical (unpaired) electrons. The Bertz CT molecular complexity index is 430. The summed E-state index contributed by atoms with van der Waals surface area (Å²) < 4.78 is 10.7. The van der Waals surface area contributed by atoms with Crippen molar-refractivity contribution in [1.29, 1.82) is 0 Å². The van der Waals surface area contributed by atoms with Gasteiger partial charge in [-0.25, -0.2) is 4.79 Å². The van der Waals surface area contributed by atoms with Crippen molar-refractivity contribution in [2.45, 2.75) is 31.9 Å². The molecule has 1 aliphatic heterocycles. The molecule has 0 bridgehead atoms. The van der Waals surface area contributed by atoms with Crippen LogP contribution in [0.1, 0.15) is 19.8 Å². The minimum atomic E-state index is -0.243. The van der Waals surface area contributed by atoms with Gasteiger partial charge in [0, 0.05) is 6.61 Å². The fourth-order valence-electron chi connectivity index (χ4n) is 2.20. The summed E-state index contributed by atoms with van der Waals surface area (Å²) in [5, 5.41) is 5.68. The summed E-state index contributed by atoms with van der Waals surface area (Å²) in [6.07, 6.45) is 2.17. The average Bonchev–Trinajstić information content (AvgIpc) is 2.93. The molecule has 2 amide bonds. The highest BCUT2D eigenvalue weighted by atomic mass is 16.5. The zero-order valence-electron chi connectivity index (χ0n) is 11.3. The number of hydrogen-bond donors (Lipinski definition) is 2. The van der Waals surface area contributed by atoms with Crippen molar-refractivity contribution in [2.24, 2.45) is 0 Å². The molecule has 5 heteroatoms. The summed E-state index contributed by atoms with van der Waals surface area (Å²) in [6.45, 7) is 2.74. The van der Waals surface area contributed by atoms with Crippen LogP contribution < -0.4 is 15.4 Å². The number of benzene rings is 1. The molecule has 0 aliphatic carbocycles. The third-order valence-corrected chi connectivity index (χ3v) is 3.24. The van der Waals surface area contributed by atoms with E-state index in [0.717, 1.165) is 19.4 Å². The summed E-state index contributed by atoms with van der Waals surface area (Å²) >= 11 is 0. The van der Waals surface area contributed by atoms with Gasteiger partial charge in [0.15, 0.2) is 0 Å². The number of carbonyl (C=O) groups is 1. The van der Waals surface area contributed by atoms with Gasteiger partial charge in [0.05, 0.1) is 24.9 Å². The van der Waals surface area contributed by atoms with Crippen molar-refractivity contribution >= 4 is 11.7 Å². The molecule has 0 saturated carbocycles. The molecule has 1 saturated heterocycles. The summed E-state index contributed by atoms with van der Waals surface area (Å²) in [7, 11) is 1.58. The number of urea groups is 1. The molecule has 0 unspecified atom stereocenters. The van der Waals surface area contributed by atoms with E-state index in [4.69, 9.17) is 9.47 Å². The Balaban J connectivity index is 1.89. The molecule has 2 N–H and O–H groups in total. The first-order chi connectivity index (χ1) is 9.20. The van der Waals surface area contributed by atoms with E-state index in [9.17, 15) is 4.79 Å². The number of ether oxygens (including phenoxy) is 2. The van der Waals surface area contributed by atoms with Crippen LogP contribution in [-0.4, -0.2) is 31.9 Å². The van der Waals surface area contributed by atoms with E-state index in [1.54, 1.807) is 19.2 Å². The average molecular weight is 264 g/mol. The van der Waals surface area contributed by atoms with Crippen molar-refractivity contribution in [3.8, 4) is 5.75 Å². The largest absolute Gasteiger partial charge is 0.495 e. The second kappa shape index (κ2) is 6.43. The van der Waals surface area contributed by atoms with Crippen LogP contribution in [-0.2, 0) is 4.74 Å². The van der Waals surface area contributed by atoms with Crippen molar-refractivity contribution in [3.05, 3.63) is 24.3 Å². The molecule has 5 nitrogen and oxygen atoms in total. The van der Waals surface area contributed by atoms with Gasteiger partial charge in [-0.05, 0) is 31.9 Å². The Morgan fingerprint density at radius 2 is 2.26 bits per heavy atom. The van der Waals surface area contributed by atoms with Crippen LogP contribution in [0.5, 0.6) is 5.75 Å². The second-order valence-electron chi connectivity index (χ2n) is 4.64. The topological polar surface area (TPSA) is 59.6 Å². The number of amides is 2. The van der Waals surface area contributed by atoms with Gasteiger partial charge in [0.25, 0.3) is 0 Å². The van der Waals surface area contributed by atoms with Crippen molar-refractivity contribution in [2.75, 3.05) is 19.0 Å². The maximum absolute atomic E-state index is 11.9. The minimum absolute atomic E-state index is 0.00259. The van der Waals surface area contributed by atoms with Gasteiger partial charge in [0.2, 0.25) is 0 Å². The Kier molecular flexibility index (Phi) is 4.63. The Morgan fingerprint density at radius 3 is 2.95 bits per heavy atom. The molecule has 0 aromatic heterocycles. The van der Waals surface area contributed by atoms with Gasteiger partial charge in [-0.1, -0.05) is 12.1 Å². The number of methoxy groups -OCH3 is 1. The van der Waals surface area contributed by atoms with Gasteiger partial charge in [-0.15, -0.1) is 0 Å². The fourth-order valence-corrected chi connectivity index (χ4v) is 2.20. The lowest BCUT2D eigenvalue weighted by atomic mass is 10.1. The van der Waals surface area contributed by atoms with Gasteiger partial charge >= 0.3 is 6.03 Å². The first-order valence-corrected chi connectivity index (χ1v) is 6.53. The first-order valence-electron chi connectivity index (χ1n) is 6.53. The van der Waals surface area contributed by atoms with Crippen LogP contribution in [0.25, 0.3) is 0 Å². The SMILES string of the molecule is COc1ccccc1NC(=O)N[C@H](C)[C@@H]1CCCO1. The monoisotopic (exact) mass is 264 g/mol. The van der Waals surface area contributed by atoms with Gasteiger partial charge in [-0.3, -0.25) is 0 Å². The van der Waals surface area contributed by atoms with E-state index < -0.39 is 0 Å². The van der Waals surface area contributed by atoms with Gasteiger partial charge in [-0.2, -0.15) is 0 Å². The number of nitrogens with one attached hydrogen (secondary N) is 2. The summed E-state index contributed by atoms with van der Waals surface area (Å²) in [5.41, 5.74) is 0.655. The lowest BCUT2D eigenvalue weighted by Crippen LogP contribution is -2.43. The lowest BCUT2D eigenvalue weighted by Gasteiger charge is -2.20. The van der Waals surface area contributed by atoms with Gasteiger partial charge < -0.3 is 20.1 Å². The second-order valence-corrected chi connectivity index (χ2v) is 4.64. The summed E-state index contributed by atoms with van der Waals surface area (Å²) in [6, 6.07) is 7.07. The van der Waals surface area contributed by atoms with Crippen molar-refractivity contribution in [3.63, 3.8) is 0 Å². The standard InChI is InChI=1S/C14H20N2O3/c1-10(12-8-5-9-19-12)15-14(17)16-11-6-3-4-7-13(11)18-2/h3-4,6-7,10,12H,5,8-9H2,1-2H3,(H2,15,16,17)/t10-,12+/m1/s1. The normalized spacial score (nSPS) is 19.8. The quantitative estimate of drug-likeness (QED) is 0.877. The minimum Gasteiger partial charge on any atom is -0.495 e. The van der Waals surface area contributed by atoms with E-state index >= 15 is 0 Å². The van der Waals surface area contributed by atoms with Crippen LogP contribution in [0.15, 0.2) is 24.3 Å². The summed E-state index contributed by atoms with van der Waals surface area (Å²) in [5.74, 6) is 0.641. The first kappa shape index (κ1) is 13.7. The highest BCUT2D eigenvalue weighted by Gasteiger charge is 2.23.